The minimum atomic E-state index is -0.193. The molecule has 0 amide bonds. The summed E-state index contributed by atoms with van der Waals surface area (Å²) in [6.45, 7) is 3.33. The summed E-state index contributed by atoms with van der Waals surface area (Å²) in [5, 5.41) is 3.46. The first kappa shape index (κ1) is 11.1. The van der Waals surface area contributed by atoms with E-state index in [0.717, 1.165) is 19.4 Å². The van der Waals surface area contributed by atoms with E-state index < -0.39 is 0 Å². The smallest absolute Gasteiger partial charge is 0.215 e. The van der Waals surface area contributed by atoms with Gasteiger partial charge < -0.3 is 26.9 Å². The van der Waals surface area contributed by atoms with Gasteiger partial charge in [0.25, 0.3) is 0 Å². The average molecular weight is 201 g/mol. The monoisotopic (exact) mass is 201 g/mol. The molecule has 0 aliphatic carbocycles. The standard InChI is InChI=1S/C8H19N5O/c1-2-14-7-6(9)4-3-5-13(7)8(10)12-11/h6-7H,2-5,9,11H2,1H3,(H2,10,12). The van der Waals surface area contributed by atoms with Crippen molar-refractivity contribution in [1.29, 1.82) is 0 Å². The van der Waals surface area contributed by atoms with Crippen molar-refractivity contribution in [2.24, 2.45) is 22.4 Å². The number of rotatable bonds is 2. The Bertz CT molecular complexity index is 208. The van der Waals surface area contributed by atoms with Gasteiger partial charge in [0.15, 0.2) is 0 Å². The molecule has 1 aliphatic heterocycles. The zero-order chi connectivity index (χ0) is 10.6. The number of hydrogen-bond acceptors (Lipinski definition) is 4. The van der Waals surface area contributed by atoms with Gasteiger partial charge in [0.05, 0.1) is 0 Å². The van der Waals surface area contributed by atoms with Crippen LogP contribution in [0.25, 0.3) is 0 Å². The van der Waals surface area contributed by atoms with Crippen molar-refractivity contribution in [3.63, 3.8) is 0 Å². The molecule has 1 rings (SSSR count). The first-order valence-electron chi connectivity index (χ1n) is 4.87. The molecule has 2 unspecified atom stereocenters. The van der Waals surface area contributed by atoms with Crippen LogP contribution in [0.15, 0.2) is 5.10 Å². The lowest BCUT2D eigenvalue weighted by molar-refractivity contribution is -0.0537. The SMILES string of the molecule is CCOC1C(N)CCCN1/C(N)=N/N. The molecule has 6 nitrogen and oxygen atoms in total. The molecule has 1 saturated heterocycles. The molecule has 1 heterocycles. The van der Waals surface area contributed by atoms with Gasteiger partial charge in [-0.05, 0) is 19.8 Å². The van der Waals surface area contributed by atoms with E-state index >= 15 is 0 Å². The van der Waals surface area contributed by atoms with Crippen LogP contribution in [-0.4, -0.2) is 36.3 Å². The molecule has 0 aromatic carbocycles. The third kappa shape index (κ3) is 2.27. The van der Waals surface area contributed by atoms with Gasteiger partial charge in [0.2, 0.25) is 5.96 Å². The van der Waals surface area contributed by atoms with Crippen LogP contribution in [0.1, 0.15) is 19.8 Å². The maximum Gasteiger partial charge on any atom is 0.215 e. The molecule has 1 aliphatic rings. The van der Waals surface area contributed by atoms with Gasteiger partial charge >= 0.3 is 0 Å². The van der Waals surface area contributed by atoms with E-state index in [4.69, 9.17) is 22.0 Å². The number of likely N-dealkylation sites (tertiary alicyclic amines) is 1. The molecule has 14 heavy (non-hydrogen) atoms. The van der Waals surface area contributed by atoms with Crippen LogP contribution in [-0.2, 0) is 4.74 Å². The van der Waals surface area contributed by atoms with E-state index in [0.29, 0.717) is 12.6 Å². The number of nitrogens with two attached hydrogens (primary N) is 3. The lowest BCUT2D eigenvalue weighted by Crippen LogP contribution is -2.57. The molecule has 0 spiro atoms. The second-order valence-corrected chi connectivity index (χ2v) is 3.33. The van der Waals surface area contributed by atoms with Crippen LogP contribution in [0, 0.1) is 0 Å². The Kier molecular flexibility index (Phi) is 3.97. The fraction of sp³-hybridized carbons (Fsp3) is 0.875. The van der Waals surface area contributed by atoms with Gasteiger partial charge in [-0.3, -0.25) is 0 Å². The quantitative estimate of drug-likeness (QED) is 0.229. The van der Waals surface area contributed by atoms with Gasteiger partial charge in [-0.2, -0.15) is 0 Å². The first-order valence-corrected chi connectivity index (χ1v) is 4.87. The highest BCUT2D eigenvalue weighted by atomic mass is 16.5. The van der Waals surface area contributed by atoms with E-state index in [1.807, 2.05) is 11.8 Å². The number of piperidine rings is 1. The molecule has 82 valence electrons. The zero-order valence-electron chi connectivity index (χ0n) is 8.52. The van der Waals surface area contributed by atoms with Crippen molar-refractivity contribution in [1.82, 2.24) is 4.90 Å². The van der Waals surface area contributed by atoms with Gasteiger partial charge in [0, 0.05) is 19.2 Å². The Balaban J connectivity index is 2.69. The summed E-state index contributed by atoms with van der Waals surface area (Å²) in [4.78, 5) is 1.82. The zero-order valence-corrected chi connectivity index (χ0v) is 8.52. The summed E-state index contributed by atoms with van der Waals surface area (Å²) in [7, 11) is 0. The van der Waals surface area contributed by atoms with Crippen molar-refractivity contribution in [3.8, 4) is 0 Å². The minimum absolute atomic E-state index is 0.0241. The molecular weight excluding hydrogens is 182 g/mol. The predicted octanol–water partition coefficient (Wildman–Crippen LogP) is -1.04. The Labute approximate surface area is 84.0 Å². The highest BCUT2D eigenvalue weighted by Crippen LogP contribution is 2.16. The highest BCUT2D eigenvalue weighted by Gasteiger charge is 2.30. The van der Waals surface area contributed by atoms with Crippen LogP contribution < -0.4 is 17.3 Å². The van der Waals surface area contributed by atoms with Crippen molar-refractivity contribution in [3.05, 3.63) is 0 Å². The number of hydrazone groups is 1. The summed E-state index contributed by atoms with van der Waals surface area (Å²) in [6.07, 6.45) is 1.74. The first-order chi connectivity index (χ1) is 6.70. The summed E-state index contributed by atoms with van der Waals surface area (Å²) < 4.78 is 5.52. The third-order valence-corrected chi connectivity index (χ3v) is 2.37. The van der Waals surface area contributed by atoms with Crippen LogP contribution in [0.3, 0.4) is 0 Å². The van der Waals surface area contributed by atoms with Gasteiger partial charge in [0.1, 0.15) is 6.23 Å². The number of hydrogen-bond donors (Lipinski definition) is 3. The maximum absolute atomic E-state index is 5.93. The van der Waals surface area contributed by atoms with Crippen molar-refractivity contribution in [2.75, 3.05) is 13.2 Å². The van der Waals surface area contributed by atoms with Gasteiger partial charge in [-0.15, -0.1) is 5.10 Å². The molecule has 0 saturated carbocycles. The molecule has 0 radical (unpaired) electrons. The van der Waals surface area contributed by atoms with E-state index in [9.17, 15) is 0 Å². The largest absolute Gasteiger partial charge is 0.368 e. The molecule has 1 fully saturated rings. The van der Waals surface area contributed by atoms with E-state index in [2.05, 4.69) is 5.10 Å². The van der Waals surface area contributed by atoms with Crippen molar-refractivity contribution < 1.29 is 4.74 Å². The summed E-state index contributed by atoms with van der Waals surface area (Å²) in [6, 6.07) is -0.0241. The second kappa shape index (κ2) is 5.02. The summed E-state index contributed by atoms with van der Waals surface area (Å²) >= 11 is 0. The van der Waals surface area contributed by atoms with Crippen LogP contribution in [0.5, 0.6) is 0 Å². The molecule has 0 aromatic heterocycles. The molecule has 2 atom stereocenters. The lowest BCUT2D eigenvalue weighted by atomic mass is 10.1. The Morgan fingerprint density at radius 1 is 1.64 bits per heavy atom. The number of ether oxygens (including phenoxy) is 1. The van der Waals surface area contributed by atoms with Crippen molar-refractivity contribution >= 4 is 5.96 Å². The predicted molar refractivity (Wildman–Crippen MR) is 55.1 cm³/mol. The fourth-order valence-electron chi connectivity index (χ4n) is 1.70. The van der Waals surface area contributed by atoms with Crippen LogP contribution in [0.2, 0.25) is 0 Å². The second-order valence-electron chi connectivity index (χ2n) is 3.33. The van der Waals surface area contributed by atoms with Crippen molar-refractivity contribution in [2.45, 2.75) is 32.0 Å². The molecular formula is C8H19N5O. The molecule has 6 N–H and O–H groups in total. The highest BCUT2D eigenvalue weighted by molar-refractivity contribution is 5.78. The van der Waals surface area contributed by atoms with E-state index in [-0.39, 0.29) is 12.3 Å². The van der Waals surface area contributed by atoms with Crippen LogP contribution in [0.4, 0.5) is 0 Å². The normalized spacial score (nSPS) is 29.3. The lowest BCUT2D eigenvalue weighted by Gasteiger charge is -2.39. The molecule has 0 aromatic rings. The summed E-state index contributed by atoms with van der Waals surface area (Å²) in [5.74, 6) is 5.42. The fourth-order valence-corrected chi connectivity index (χ4v) is 1.70. The maximum atomic E-state index is 5.93. The van der Waals surface area contributed by atoms with E-state index in [1.165, 1.54) is 0 Å². The van der Waals surface area contributed by atoms with Gasteiger partial charge in [-0.25, -0.2) is 0 Å². The van der Waals surface area contributed by atoms with Gasteiger partial charge in [-0.1, -0.05) is 0 Å². The molecule has 6 heteroatoms. The summed E-state index contributed by atoms with van der Waals surface area (Å²) in [5.41, 5.74) is 11.6. The number of nitrogens with zero attached hydrogens (tertiary/aromatic N) is 2. The Morgan fingerprint density at radius 2 is 2.36 bits per heavy atom. The Hall–Kier alpha value is -1.01. The average Bonchev–Trinajstić information content (AvgIpc) is 2.20. The molecule has 0 bridgehead atoms. The third-order valence-electron chi connectivity index (χ3n) is 2.37. The minimum Gasteiger partial charge on any atom is -0.368 e. The number of guanidine groups is 1. The Morgan fingerprint density at radius 3 is 2.93 bits per heavy atom. The van der Waals surface area contributed by atoms with E-state index in [1.54, 1.807) is 0 Å². The van der Waals surface area contributed by atoms with Crippen LogP contribution >= 0.6 is 0 Å². The topological polar surface area (TPSA) is 103 Å².